The molecule has 0 N–H and O–H groups in total. The standard InChI is InChI=1S/C22H22BrN3O4/c23-16-5-6-18-19(11-16)22(29)26(21(18)28)9-7-20(27)25(14-17-4-2-10-30-17)13-15-3-1-8-24-12-15/h1,3,5-6,8,11-12,17H,2,4,7,9-10,13-14H2. The van der Waals surface area contributed by atoms with Crippen LogP contribution in [0, 0.1) is 0 Å². The van der Waals surface area contributed by atoms with Crippen molar-refractivity contribution in [3.8, 4) is 0 Å². The first kappa shape index (κ1) is 20.7. The molecule has 2 aliphatic rings. The zero-order valence-electron chi connectivity index (χ0n) is 16.4. The zero-order chi connectivity index (χ0) is 21.1. The van der Waals surface area contributed by atoms with Crippen molar-refractivity contribution in [2.75, 3.05) is 19.7 Å². The maximum absolute atomic E-state index is 13.0. The van der Waals surface area contributed by atoms with Gasteiger partial charge in [0, 0.05) is 49.5 Å². The van der Waals surface area contributed by atoms with E-state index in [1.54, 1.807) is 35.5 Å². The predicted octanol–water partition coefficient (Wildman–Crippen LogP) is 3.04. The summed E-state index contributed by atoms with van der Waals surface area (Å²) in [6.07, 6.45) is 5.42. The highest BCUT2D eigenvalue weighted by Crippen LogP contribution is 2.26. The van der Waals surface area contributed by atoms with Crippen LogP contribution in [0.1, 0.15) is 45.5 Å². The first-order valence-corrected chi connectivity index (χ1v) is 10.8. The number of pyridine rings is 1. The molecule has 1 saturated heterocycles. The molecule has 0 aliphatic carbocycles. The van der Waals surface area contributed by atoms with E-state index in [2.05, 4.69) is 20.9 Å². The molecule has 1 aromatic heterocycles. The molecule has 4 rings (SSSR count). The molecule has 156 valence electrons. The Balaban J connectivity index is 1.43. The molecule has 2 aromatic rings. The van der Waals surface area contributed by atoms with Crippen LogP contribution < -0.4 is 0 Å². The molecular weight excluding hydrogens is 450 g/mol. The molecule has 1 unspecified atom stereocenters. The quantitative estimate of drug-likeness (QED) is 0.579. The number of imide groups is 1. The number of benzene rings is 1. The molecule has 0 bridgehead atoms. The van der Waals surface area contributed by atoms with E-state index in [0.717, 1.165) is 27.8 Å². The number of ether oxygens (including phenoxy) is 1. The maximum atomic E-state index is 13.0. The summed E-state index contributed by atoms with van der Waals surface area (Å²) in [6.45, 7) is 1.67. The number of carbonyl (C=O) groups is 3. The van der Waals surface area contributed by atoms with Gasteiger partial charge in [0.2, 0.25) is 5.91 Å². The predicted molar refractivity (Wildman–Crippen MR) is 113 cm³/mol. The minimum Gasteiger partial charge on any atom is -0.376 e. The van der Waals surface area contributed by atoms with E-state index in [0.29, 0.717) is 30.8 Å². The second kappa shape index (κ2) is 9.06. The largest absolute Gasteiger partial charge is 0.376 e. The third kappa shape index (κ3) is 4.44. The second-order valence-corrected chi connectivity index (χ2v) is 8.39. The number of hydrogen-bond acceptors (Lipinski definition) is 5. The van der Waals surface area contributed by atoms with Crippen molar-refractivity contribution in [3.63, 3.8) is 0 Å². The summed E-state index contributed by atoms with van der Waals surface area (Å²) in [5.74, 6) is -0.831. The fraction of sp³-hybridized carbons (Fsp3) is 0.364. The number of fused-ring (bicyclic) bond motifs is 1. The van der Waals surface area contributed by atoms with Crippen molar-refractivity contribution in [2.24, 2.45) is 0 Å². The minimum absolute atomic E-state index is 0.0160. The highest BCUT2D eigenvalue weighted by atomic mass is 79.9. The number of amides is 3. The topological polar surface area (TPSA) is 79.8 Å². The molecule has 0 radical (unpaired) electrons. The average molecular weight is 472 g/mol. The van der Waals surface area contributed by atoms with Crippen LogP contribution in [0.25, 0.3) is 0 Å². The monoisotopic (exact) mass is 471 g/mol. The highest BCUT2D eigenvalue weighted by Gasteiger charge is 2.36. The number of nitrogens with zero attached hydrogens (tertiary/aromatic N) is 3. The van der Waals surface area contributed by atoms with Gasteiger partial charge in [0.1, 0.15) is 0 Å². The van der Waals surface area contributed by atoms with Gasteiger partial charge in [-0.1, -0.05) is 22.0 Å². The van der Waals surface area contributed by atoms with Crippen LogP contribution in [0.15, 0.2) is 47.2 Å². The summed E-state index contributed by atoms with van der Waals surface area (Å²) in [5, 5.41) is 0. The summed E-state index contributed by atoms with van der Waals surface area (Å²) in [6, 6.07) is 8.76. The highest BCUT2D eigenvalue weighted by molar-refractivity contribution is 9.10. The smallest absolute Gasteiger partial charge is 0.261 e. The maximum Gasteiger partial charge on any atom is 0.261 e. The lowest BCUT2D eigenvalue weighted by Gasteiger charge is -2.26. The number of rotatable bonds is 7. The van der Waals surface area contributed by atoms with Gasteiger partial charge in [-0.25, -0.2) is 0 Å². The van der Waals surface area contributed by atoms with E-state index in [1.165, 1.54) is 0 Å². The van der Waals surface area contributed by atoms with E-state index in [1.807, 2.05) is 12.1 Å². The Morgan fingerprint density at radius 1 is 1.23 bits per heavy atom. The zero-order valence-corrected chi connectivity index (χ0v) is 18.0. The van der Waals surface area contributed by atoms with Gasteiger partial charge in [0.25, 0.3) is 11.8 Å². The van der Waals surface area contributed by atoms with E-state index in [9.17, 15) is 14.4 Å². The number of aromatic nitrogens is 1. The van der Waals surface area contributed by atoms with Crippen molar-refractivity contribution in [1.29, 1.82) is 0 Å². The normalized spacial score (nSPS) is 18.0. The van der Waals surface area contributed by atoms with E-state index < -0.39 is 0 Å². The Bertz CT molecular complexity index is 960. The van der Waals surface area contributed by atoms with Gasteiger partial charge >= 0.3 is 0 Å². The Labute approximate surface area is 183 Å². The lowest BCUT2D eigenvalue weighted by Crippen LogP contribution is -2.39. The molecule has 8 heteroatoms. The van der Waals surface area contributed by atoms with Crippen LogP contribution in [0.3, 0.4) is 0 Å². The fourth-order valence-electron chi connectivity index (χ4n) is 3.83. The molecule has 30 heavy (non-hydrogen) atoms. The van der Waals surface area contributed by atoms with Crippen LogP contribution >= 0.6 is 15.9 Å². The second-order valence-electron chi connectivity index (χ2n) is 7.47. The van der Waals surface area contributed by atoms with Crippen molar-refractivity contribution >= 4 is 33.7 Å². The summed E-state index contributed by atoms with van der Waals surface area (Å²) in [7, 11) is 0. The van der Waals surface area contributed by atoms with Crippen LogP contribution in [-0.2, 0) is 16.1 Å². The van der Waals surface area contributed by atoms with Gasteiger partial charge in [-0.3, -0.25) is 24.3 Å². The lowest BCUT2D eigenvalue weighted by atomic mass is 10.1. The summed E-state index contributed by atoms with van der Waals surface area (Å²) >= 11 is 3.33. The van der Waals surface area contributed by atoms with Crippen LogP contribution in [0.5, 0.6) is 0 Å². The molecule has 3 heterocycles. The number of hydrogen-bond donors (Lipinski definition) is 0. The van der Waals surface area contributed by atoms with E-state index >= 15 is 0 Å². The van der Waals surface area contributed by atoms with E-state index in [-0.39, 0.29) is 36.8 Å². The molecule has 2 aliphatic heterocycles. The molecular formula is C22H22BrN3O4. The van der Waals surface area contributed by atoms with Crippen LogP contribution in [-0.4, -0.2) is 58.3 Å². The van der Waals surface area contributed by atoms with Crippen molar-refractivity contribution < 1.29 is 19.1 Å². The fourth-order valence-corrected chi connectivity index (χ4v) is 4.19. The third-order valence-electron chi connectivity index (χ3n) is 5.38. The Kier molecular flexibility index (Phi) is 6.24. The average Bonchev–Trinajstić information content (AvgIpc) is 3.34. The van der Waals surface area contributed by atoms with Crippen molar-refractivity contribution in [3.05, 3.63) is 63.9 Å². The van der Waals surface area contributed by atoms with Crippen molar-refractivity contribution in [1.82, 2.24) is 14.8 Å². The molecule has 0 spiro atoms. The first-order valence-electron chi connectivity index (χ1n) is 9.97. The molecule has 1 fully saturated rings. The Hall–Kier alpha value is -2.58. The number of carbonyl (C=O) groups excluding carboxylic acids is 3. The van der Waals surface area contributed by atoms with Crippen molar-refractivity contribution in [2.45, 2.75) is 31.9 Å². The summed E-state index contributed by atoms with van der Waals surface area (Å²) < 4.78 is 6.44. The van der Waals surface area contributed by atoms with Gasteiger partial charge < -0.3 is 9.64 Å². The van der Waals surface area contributed by atoms with Crippen LogP contribution in [0.4, 0.5) is 0 Å². The molecule has 7 nitrogen and oxygen atoms in total. The molecule has 3 amide bonds. The minimum atomic E-state index is -0.359. The lowest BCUT2D eigenvalue weighted by molar-refractivity contribution is -0.133. The molecule has 1 aromatic carbocycles. The molecule has 1 atom stereocenters. The summed E-state index contributed by atoms with van der Waals surface area (Å²) in [5.41, 5.74) is 1.67. The van der Waals surface area contributed by atoms with Gasteiger partial charge in [0.15, 0.2) is 0 Å². The summed E-state index contributed by atoms with van der Waals surface area (Å²) in [4.78, 5) is 45.3. The van der Waals surface area contributed by atoms with Gasteiger partial charge in [-0.2, -0.15) is 0 Å². The van der Waals surface area contributed by atoms with Crippen LogP contribution in [0.2, 0.25) is 0 Å². The number of halogens is 1. The Morgan fingerprint density at radius 3 is 2.80 bits per heavy atom. The Morgan fingerprint density at radius 2 is 2.07 bits per heavy atom. The van der Waals surface area contributed by atoms with E-state index in [4.69, 9.17) is 4.74 Å². The van der Waals surface area contributed by atoms with Gasteiger partial charge in [-0.15, -0.1) is 0 Å². The molecule has 0 saturated carbocycles. The van der Waals surface area contributed by atoms with Gasteiger partial charge in [0.05, 0.1) is 17.2 Å². The first-order chi connectivity index (χ1) is 14.5. The van der Waals surface area contributed by atoms with Gasteiger partial charge in [-0.05, 0) is 42.7 Å². The third-order valence-corrected chi connectivity index (χ3v) is 5.87. The SMILES string of the molecule is O=C(CCN1C(=O)c2ccc(Br)cc2C1=O)N(Cc1cccnc1)CC1CCCO1.